The lowest BCUT2D eigenvalue weighted by atomic mass is 9.97. The van der Waals surface area contributed by atoms with Crippen LogP contribution in [0.15, 0.2) is 53.5 Å². The molecule has 0 bridgehead atoms. The highest BCUT2D eigenvalue weighted by Gasteiger charge is 2.13. The summed E-state index contributed by atoms with van der Waals surface area (Å²) < 4.78 is 5.40. The normalized spacial score (nSPS) is 10.7. The number of nitrogens with one attached hydrogen (secondary N) is 1. The SMILES string of the molecule is Cc1ncnc(C)c1-c1ccc(Nc2nccc3occc23)cc1C#N. The van der Waals surface area contributed by atoms with Crippen LogP contribution in [-0.4, -0.2) is 15.0 Å². The third kappa shape index (κ3) is 2.66. The van der Waals surface area contributed by atoms with Crippen molar-refractivity contribution in [2.45, 2.75) is 13.8 Å². The van der Waals surface area contributed by atoms with Gasteiger partial charge in [-0.05, 0) is 38.1 Å². The van der Waals surface area contributed by atoms with Crippen molar-refractivity contribution in [3.8, 4) is 17.2 Å². The molecule has 0 radical (unpaired) electrons. The van der Waals surface area contributed by atoms with Gasteiger partial charge >= 0.3 is 0 Å². The summed E-state index contributed by atoms with van der Waals surface area (Å²) in [7, 11) is 0. The van der Waals surface area contributed by atoms with Crippen molar-refractivity contribution in [3.63, 3.8) is 0 Å². The molecule has 26 heavy (non-hydrogen) atoms. The van der Waals surface area contributed by atoms with Crippen molar-refractivity contribution in [3.05, 3.63) is 66.1 Å². The summed E-state index contributed by atoms with van der Waals surface area (Å²) in [6.45, 7) is 3.84. The molecule has 0 aliphatic carbocycles. The van der Waals surface area contributed by atoms with E-state index in [0.29, 0.717) is 11.4 Å². The van der Waals surface area contributed by atoms with Gasteiger partial charge in [0.05, 0.1) is 23.3 Å². The first-order chi connectivity index (χ1) is 12.7. The minimum Gasteiger partial charge on any atom is -0.464 e. The first-order valence-corrected chi connectivity index (χ1v) is 8.09. The maximum atomic E-state index is 9.64. The first-order valence-electron chi connectivity index (χ1n) is 8.09. The molecule has 3 aromatic heterocycles. The molecule has 4 aromatic rings. The van der Waals surface area contributed by atoms with Crippen molar-refractivity contribution < 1.29 is 4.42 Å². The Kier molecular flexibility index (Phi) is 3.82. The van der Waals surface area contributed by atoms with E-state index in [-0.39, 0.29) is 0 Å². The van der Waals surface area contributed by atoms with E-state index in [9.17, 15) is 5.26 Å². The average Bonchev–Trinajstić information content (AvgIpc) is 3.12. The van der Waals surface area contributed by atoms with Crippen LogP contribution in [0, 0.1) is 25.2 Å². The highest BCUT2D eigenvalue weighted by atomic mass is 16.3. The highest BCUT2D eigenvalue weighted by molar-refractivity contribution is 5.90. The summed E-state index contributed by atoms with van der Waals surface area (Å²) in [6.07, 6.45) is 4.84. The second kappa shape index (κ2) is 6.30. The topological polar surface area (TPSA) is 87.6 Å². The predicted octanol–water partition coefficient (Wildman–Crippen LogP) is 4.52. The summed E-state index contributed by atoms with van der Waals surface area (Å²) in [5.41, 5.74) is 5.49. The Hall–Kier alpha value is -3.72. The van der Waals surface area contributed by atoms with E-state index in [1.54, 1.807) is 12.5 Å². The Morgan fingerprint density at radius 3 is 2.62 bits per heavy atom. The monoisotopic (exact) mass is 341 g/mol. The minimum absolute atomic E-state index is 0.551. The maximum Gasteiger partial charge on any atom is 0.141 e. The summed E-state index contributed by atoms with van der Waals surface area (Å²) in [5, 5.41) is 13.8. The van der Waals surface area contributed by atoms with Crippen LogP contribution in [0.2, 0.25) is 0 Å². The van der Waals surface area contributed by atoms with Gasteiger partial charge in [-0.2, -0.15) is 5.26 Å². The number of aromatic nitrogens is 3. The standard InChI is InChI=1S/C20H15N5O/c1-12-19(13(2)24-11-23-12)16-4-3-15(9-14(16)10-21)25-20-17-6-8-26-18(17)5-7-22-20/h3-9,11H,1-2H3,(H,22,25). The van der Waals surface area contributed by atoms with Crippen molar-refractivity contribution in [2.75, 3.05) is 5.32 Å². The molecule has 0 unspecified atom stereocenters. The lowest BCUT2D eigenvalue weighted by molar-refractivity contribution is 0.615. The van der Waals surface area contributed by atoms with Crippen LogP contribution in [0.4, 0.5) is 11.5 Å². The van der Waals surface area contributed by atoms with Gasteiger partial charge in [0, 0.05) is 34.4 Å². The van der Waals surface area contributed by atoms with Gasteiger partial charge in [0.25, 0.3) is 0 Å². The molecule has 6 nitrogen and oxygen atoms in total. The number of aryl methyl sites for hydroxylation is 2. The number of hydrogen-bond acceptors (Lipinski definition) is 6. The van der Waals surface area contributed by atoms with E-state index >= 15 is 0 Å². The third-order valence-electron chi connectivity index (χ3n) is 4.28. The average molecular weight is 341 g/mol. The smallest absolute Gasteiger partial charge is 0.141 e. The fourth-order valence-corrected chi connectivity index (χ4v) is 3.05. The summed E-state index contributed by atoms with van der Waals surface area (Å²) in [6, 6.07) is 11.6. The number of fused-ring (bicyclic) bond motifs is 1. The van der Waals surface area contributed by atoms with Gasteiger partial charge in [-0.15, -0.1) is 0 Å². The van der Waals surface area contributed by atoms with Gasteiger partial charge in [0.15, 0.2) is 0 Å². The molecule has 1 aromatic carbocycles. The Bertz CT molecular complexity index is 1140. The molecule has 4 rings (SSSR count). The van der Waals surface area contributed by atoms with Crippen molar-refractivity contribution in [1.29, 1.82) is 5.26 Å². The maximum absolute atomic E-state index is 9.64. The molecule has 6 heteroatoms. The lowest BCUT2D eigenvalue weighted by Gasteiger charge is -2.12. The lowest BCUT2D eigenvalue weighted by Crippen LogP contribution is -1.98. The largest absolute Gasteiger partial charge is 0.464 e. The number of anilines is 2. The van der Waals surface area contributed by atoms with Gasteiger partial charge in [0.1, 0.15) is 17.7 Å². The van der Waals surface area contributed by atoms with Crippen LogP contribution in [0.25, 0.3) is 22.1 Å². The number of nitrogens with zero attached hydrogens (tertiary/aromatic N) is 4. The van der Waals surface area contributed by atoms with Crippen LogP contribution >= 0.6 is 0 Å². The molecular weight excluding hydrogens is 326 g/mol. The molecule has 0 atom stereocenters. The Labute approximate surface area is 150 Å². The van der Waals surface area contributed by atoms with Gasteiger partial charge < -0.3 is 9.73 Å². The fourth-order valence-electron chi connectivity index (χ4n) is 3.05. The molecule has 0 saturated carbocycles. The van der Waals surface area contributed by atoms with Gasteiger partial charge in [0.2, 0.25) is 0 Å². The van der Waals surface area contributed by atoms with Crippen LogP contribution in [0.3, 0.4) is 0 Å². The van der Waals surface area contributed by atoms with E-state index in [2.05, 4.69) is 26.3 Å². The molecule has 0 spiro atoms. The van der Waals surface area contributed by atoms with Crippen LogP contribution in [-0.2, 0) is 0 Å². The van der Waals surface area contributed by atoms with Crippen molar-refractivity contribution in [2.24, 2.45) is 0 Å². The number of nitriles is 1. The summed E-state index contributed by atoms with van der Waals surface area (Å²) in [4.78, 5) is 12.9. The number of rotatable bonds is 3. The molecule has 0 amide bonds. The quantitative estimate of drug-likeness (QED) is 0.589. The Morgan fingerprint density at radius 1 is 1.04 bits per heavy atom. The number of hydrogen-bond donors (Lipinski definition) is 1. The van der Waals surface area contributed by atoms with Crippen LogP contribution in [0.5, 0.6) is 0 Å². The first kappa shape index (κ1) is 15.8. The number of benzene rings is 1. The van der Waals surface area contributed by atoms with E-state index in [4.69, 9.17) is 4.42 Å². The van der Waals surface area contributed by atoms with Gasteiger partial charge in [-0.25, -0.2) is 15.0 Å². The highest BCUT2D eigenvalue weighted by Crippen LogP contribution is 2.31. The molecule has 3 heterocycles. The molecular formula is C20H15N5O. The summed E-state index contributed by atoms with van der Waals surface area (Å²) >= 11 is 0. The summed E-state index contributed by atoms with van der Waals surface area (Å²) in [5.74, 6) is 0.684. The molecule has 126 valence electrons. The second-order valence-corrected chi connectivity index (χ2v) is 5.91. The van der Waals surface area contributed by atoms with Crippen molar-refractivity contribution in [1.82, 2.24) is 15.0 Å². The fraction of sp³-hybridized carbons (Fsp3) is 0.100. The predicted molar refractivity (Wildman–Crippen MR) is 98.9 cm³/mol. The van der Waals surface area contributed by atoms with Crippen LogP contribution in [0.1, 0.15) is 17.0 Å². The van der Waals surface area contributed by atoms with Gasteiger partial charge in [-0.1, -0.05) is 6.07 Å². The number of furan rings is 1. The van der Waals surface area contributed by atoms with E-state index in [0.717, 1.165) is 39.2 Å². The van der Waals surface area contributed by atoms with E-state index < -0.39 is 0 Å². The second-order valence-electron chi connectivity index (χ2n) is 5.91. The Balaban J connectivity index is 1.77. The molecule has 0 saturated heterocycles. The van der Waals surface area contributed by atoms with Crippen LogP contribution < -0.4 is 5.32 Å². The third-order valence-corrected chi connectivity index (χ3v) is 4.28. The molecule has 1 N–H and O–H groups in total. The number of pyridine rings is 1. The molecule has 0 fully saturated rings. The van der Waals surface area contributed by atoms with Crippen molar-refractivity contribution >= 4 is 22.5 Å². The van der Waals surface area contributed by atoms with E-state index in [1.165, 1.54) is 6.33 Å². The minimum atomic E-state index is 0.551. The van der Waals surface area contributed by atoms with E-state index in [1.807, 2.05) is 44.2 Å². The van der Waals surface area contributed by atoms with Gasteiger partial charge in [-0.3, -0.25) is 0 Å². The zero-order valence-electron chi connectivity index (χ0n) is 14.3. The Morgan fingerprint density at radius 2 is 1.85 bits per heavy atom. The molecule has 0 aliphatic heterocycles. The zero-order chi connectivity index (χ0) is 18.1. The molecule has 0 aliphatic rings. The zero-order valence-corrected chi connectivity index (χ0v) is 14.3.